The van der Waals surface area contributed by atoms with Crippen LogP contribution in [0, 0.1) is 0 Å². The van der Waals surface area contributed by atoms with Gasteiger partial charge in [0.2, 0.25) is 0 Å². The lowest BCUT2D eigenvalue weighted by Crippen LogP contribution is -2.44. The van der Waals surface area contributed by atoms with Crippen LogP contribution in [-0.4, -0.2) is 18.8 Å². The minimum Gasteiger partial charge on any atom is -0.375 e. The molecule has 2 heteroatoms. The van der Waals surface area contributed by atoms with E-state index in [2.05, 4.69) is 13.5 Å². The van der Waals surface area contributed by atoms with E-state index in [1.54, 1.807) is 0 Å². The molecule has 0 aliphatic heterocycles. The molecular weight excluding hydrogens is 186 g/mol. The van der Waals surface area contributed by atoms with Crippen LogP contribution in [0.2, 0.25) is 0 Å². The van der Waals surface area contributed by atoms with Crippen LogP contribution in [0.5, 0.6) is 0 Å². The molecule has 0 bridgehead atoms. The van der Waals surface area contributed by atoms with E-state index in [0.717, 1.165) is 24.8 Å². The molecule has 1 rings (SSSR count). The van der Waals surface area contributed by atoms with E-state index in [-0.39, 0.29) is 5.54 Å². The van der Waals surface area contributed by atoms with Gasteiger partial charge in [-0.2, -0.15) is 0 Å². The third-order valence-electron chi connectivity index (χ3n) is 3.30. The van der Waals surface area contributed by atoms with Crippen molar-refractivity contribution in [2.75, 3.05) is 13.2 Å². The fraction of sp³-hybridized carbons (Fsp3) is 0.846. The quantitative estimate of drug-likeness (QED) is 0.560. The maximum absolute atomic E-state index is 6.33. The summed E-state index contributed by atoms with van der Waals surface area (Å²) < 4.78 is 5.66. The molecule has 15 heavy (non-hydrogen) atoms. The van der Waals surface area contributed by atoms with Crippen molar-refractivity contribution in [3.05, 3.63) is 12.2 Å². The Labute approximate surface area is 93.9 Å². The predicted molar refractivity (Wildman–Crippen MR) is 64.9 cm³/mol. The summed E-state index contributed by atoms with van der Waals surface area (Å²) in [6.45, 7) is 7.41. The highest BCUT2D eigenvalue weighted by Crippen LogP contribution is 2.25. The van der Waals surface area contributed by atoms with Gasteiger partial charge in [0.15, 0.2) is 0 Å². The Balaban J connectivity index is 2.25. The van der Waals surface area contributed by atoms with Crippen LogP contribution in [0.3, 0.4) is 0 Å². The molecule has 0 aromatic heterocycles. The van der Waals surface area contributed by atoms with Crippen molar-refractivity contribution in [3.8, 4) is 0 Å². The molecule has 0 atom stereocenters. The van der Waals surface area contributed by atoms with Crippen LogP contribution in [0.4, 0.5) is 0 Å². The van der Waals surface area contributed by atoms with E-state index in [1.807, 2.05) is 0 Å². The number of hydrogen-bond donors (Lipinski definition) is 1. The molecule has 0 aromatic carbocycles. The normalized spacial score (nSPS) is 20.9. The van der Waals surface area contributed by atoms with Gasteiger partial charge in [0.05, 0.1) is 13.2 Å². The maximum atomic E-state index is 6.33. The van der Waals surface area contributed by atoms with E-state index < -0.39 is 0 Å². The highest BCUT2D eigenvalue weighted by atomic mass is 16.5. The van der Waals surface area contributed by atoms with Crippen molar-refractivity contribution >= 4 is 0 Å². The van der Waals surface area contributed by atoms with Gasteiger partial charge in [-0.3, -0.25) is 0 Å². The van der Waals surface area contributed by atoms with Crippen molar-refractivity contribution in [1.82, 2.24) is 0 Å². The fourth-order valence-corrected chi connectivity index (χ4v) is 2.08. The Morgan fingerprint density at radius 1 is 1.27 bits per heavy atom. The average Bonchev–Trinajstić information content (AvgIpc) is 2.43. The second-order valence-corrected chi connectivity index (χ2v) is 4.87. The van der Waals surface area contributed by atoms with Crippen molar-refractivity contribution in [1.29, 1.82) is 0 Å². The molecule has 0 amide bonds. The molecule has 0 heterocycles. The Kier molecular flexibility index (Phi) is 5.34. The molecule has 0 unspecified atom stereocenters. The first kappa shape index (κ1) is 12.7. The molecule has 88 valence electrons. The van der Waals surface area contributed by atoms with Gasteiger partial charge in [0.25, 0.3) is 0 Å². The number of rotatable bonds is 5. The first-order chi connectivity index (χ1) is 7.16. The second kappa shape index (κ2) is 6.29. The number of ether oxygens (including phenoxy) is 1. The number of nitrogens with two attached hydrogens (primary N) is 1. The van der Waals surface area contributed by atoms with Gasteiger partial charge in [-0.25, -0.2) is 0 Å². The van der Waals surface area contributed by atoms with Gasteiger partial charge >= 0.3 is 0 Å². The molecule has 2 N–H and O–H groups in total. The second-order valence-electron chi connectivity index (χ2n) is 4.87. The minimum absolute atomic E-state index is 0.0650. The summed E-state index contributed by atoms with van der Waals surface area (Å²) in [5.74, 6) is 0. The SMILES string of the molecule is C=C(CC)COCC1(N)CCCCCC1. The largest absolute Gasteiger partial charge is 0.375 e. The molecule has 0 saturated heterocycles. The van der Waals surface area contributed by atoms with Crippen molar-refractivity contribution in [2.45, 2.75) is 57.4 Å². The first-order valence-corrected chi connectivity index (χ1v) is 6.19. The Morgan fingerprint density at radius 3 is 2.40 bits per heavy atom. The van der Waals surface area contributed by atoms with E-state index in [1.165, 1.54) is 25.7 Å². The highest BCUT2D eigenvalue weighted by Gasteiger charge is 2.26. The lowest BCUT2D eigenvalue weighted by molar-refractivity contribution is 0.0924. The molecule has 1 aliphatic rings. The van der Waals surface area contributed by atoms with Gasteiger partial charge in [-0.1, -0.05) is 44.8 Å². The molecule has 2 nitrogen and oxygen atoms in total. The molecule has 1 saturated carbocycles. The summed E-state index contributed by atoms with van der Waals surface area (Å²) in [7, 11) is 0. The lowest BCUT2D eigenvalue weighted by atomic mass is 9.92. The van der Waals surface area contributed by atoms with Gasteiger partial charge in [0.1, 0.15) is 0 Å². The Morgan fingerprint density at radius 2 is 1.87 bits per heavy atom. The van der Waals surface area contributed by atoms with Crippen LogP contribution in [0.1, 0.15) is 51.9 Å². The highest BCUT2D eigenvalue weighted by molar-refractivity contribution is 4.93. The summed E-state index contributed by atoms with van der Waals surface area (Å²) in [4.78, 5) is 0. The topological polar surface area (TPSA) is 35.2 Å². The van der Waals surface area contributed by atoms with E-state index in [4.69, 9.17) is 10.5 Å². The summed E-state index contributed by atoms with van der Waals surface area (Å²) in [5, 5.41) is 0. The third kappa shape index (κ3) is 4.80. The summed E-state index contributed by atoms with van der Waals surface area (Å²) in [6.07, 6.45) is 8.42. The zero-order valence-corrected chi connectivity index (χ0v) is 10.1. The fourth-order valence-electron chi connectivity index (χ4n) is 2.08. The Hall–Kier alpha value is -0.340. The molecule has 0 aromatic rings. The van der Waals surface area contributed by atoms with Gasteiger partial charge < -0.3 is 10.5 Å². The summed E-state index contributed by atoms with van der Waals surface area (Å²) >= 11 is 0. The zero-order chi connectivity index (χ0) is 11.1. The molecular formula is C13H25NO. The molecule has 0 radical (unpaired) electrons. The van der Waals surface area contributed by atoms with Gasteiger partial charge in [-0.05, 0) is 19.3 Å². The Bertz CT molecular complexity index is 193. The van der Waals surface area contributed by atoms with Crippen LogP contribution in [0.25, 0.3) is 0 Å². The monoisotopic (exact) mass is 211 g/mol. The first-order valence-electron chi connectivity index (χ1n) is 6.19. The van der Waals surface area contributed by atoms with Gasteiger partial charge in [0, 0.05) is 5.54 Å². The molecule has 1 fully saturated rings. The van der Waals surface area contributed by atoms with Crippen LogP contribution in [0.15, 0.2) is 12.2 Å². The van der Waals surface area contributed by atoms with Crippen molar-refractivity contribution in [3.63, 3.8) is 0 Å². The van der Waals surface area contributed by atoms with Crippen molar-refractivity contribution in [2.24, 2.45) is 5.73 Å². The zero-order valence-electron chi connectivity index (χ0n) is 10.1. The maximum Gasteiger partial charge on any atom is 0.0675 e. The smallest absolute Gasteiger partial charge is 0.0675 e. The standard InChI is InChI=1S/C13H25NO/c1-3-12(2)10-15-11-13(14)8-6-4-5-7-9-13/h2-11,14H2,1H3. The molecule has 0 spiro atoms. The summed E-state index contributed by atoms with van der Waals surface area (Å²) in [5.41, 5.74) is 7.43. The van der Waals surface area contributed by atoms with Crippen molar-refractivity contribution < 1.29 is 4.74 Å². The van der Waals surface area contributed by atoms with Crippen LogP contribution in [-0.2, 0) is 4.74 Å². The van der Waals surface area contributed by atoms with E-state index in [0.29, 0.717) is 13.2 Å². The van der Waals surface area contributed by atoms with Crippen LogP contribution >= 0.6 is 0 Å². The molecule has 1 aliphatic carbocycles. The predicted octanol–water partition coefficient (Wildman–Crippen LogP) is 3.02. The van der Waals surface area contributed by atoms with E-state index >= 15 is 0 Å². The third-order valence-corrected chi connectivity index (χ3v) is 3.30. The minimum atomic E-state index is -0.0650. The van der Waals surface area contributed by atoms with E-state index in [9.17, 15) is 0 Å². The summed E-state index contributed by atoms with van der Waals surface area (Å²) in [6, 6.07) is 0. The lowest BCUT2D eigenvalue weighted by Gasteiger charge is -2.27. The van der Waals surface area contributed by atoms with Gasteiger partial charge in [-0.15, -0.1) is 0 Å². The van der Waals surface area contributed by atoms with Crippen LogP contribution < -0.4 is 5.73 Å². The average molecular weight is 211 g/mol. The number of hydrogen-bond acceptors (Lipinski definition) is 2.